The fourth-order valence-electron chi connectivity index (χ4n) is 2.62. The van der Waals surface area contributed by atoms with E-state index >= 15 is 0 Å². The molecule has 3 rings (SSSR count). The second-order valence-electron chi connectivity index (χ2n) is 5.47. The molecule has 24 heavy (non-hydrogen) atoms. The molecule has 126 valence electrons. The molecule has 1 unspecified atom stereocenters. The van der Waals surface area contributed by atoms with Gasteiger partial charge in [0.05, 0.1) is 19.3 Å². The number of hydrogen-bond donors (Lipinski definition) is 0. The zero-order chi connectivity index (χ0) is 16.9. The van der Waals surface area contributed by atoms with Crippen molar-refractivity contribution in [2.24, 2.45) is 0 Å². The summed E-state index contributed by atoms with van der Waals surface area (Å²) >= 11 is 0. The first-order chi connectivity index (χ1) is 11.6. The Morgan fingerprint density at radius 3 is 2.38 bits per heavy atom. The first-order valence-corrected chi connectivity index (χ1v) is 7.64. The Hall–Kier alpha value is -2.47. The van der Waals surface area contributed by atoms with Gasteiger partial charge in [-0.2, -0.15) is 0 Å². The lowest BCUT2D eigenvalue weighted by molar-refractivity contribution is -0.142. The first-order valence-electron chi connectivity index (χ1n) is 7.64. The molecule has 1 aliphatic rings. The van der Waals surface area contributed by atoms with Gasteiger partial charge in [-0.15, -0.1) is 0 Å². The van der Waals surface area contributed by atoms with E-state index in [1.54, 1.807) is 17.0 Å². The average molecular weight is 333 g/mol. The second-order valence-corrected chi connectivity index (χ2v) is 5.47. The monoisotopic (exact) mass is 333 g/mol. The van der Waals surface area contributed by atoms with Gasteiger partial charge in [-0.05, 0) is 42.0 Å². The van der Waals surface area contributed by atoms with E-state index in [0.29, 0.717) is 25.5 Å². The van der Waals surface area contributed by atoms with Gasteiger partial charge in [-0.1, -0.05) is 12.1 Å². The van der Waals surface area contributed by atoms with Crippen LogP contribution in [0.15, 0.2) is 48.5 Å². The van der Waals surface area contributed by atoms with Crippen LogP contribution in [-0.4, -0.2) is 37.2 Å². The summed E-state index contributed by atoms with van der Waals surface area (Å²) in [5, 5.41) is 0. The van der Waals surface area contributed by atoms with Crippen LogP contribution in [-0.2, 0) is 9.53 Å². The zero-order valence-corrected chi connectivity index (χ0v) is 13.0. The normalized spacial score (nSPS) is 17.6. The summed E-state index contributed by atoms with van der Waals surface area (Å²) in [4.78, 5) is 14.2. The van der Waals surface area contributed by atoms with Crippen LogP contribution < -0.4 is 4.74 Å². The Balaban J connectivity index is 1.66. The molecule has 0 saturated carbocycles. The van der Waals surface area contributed by atoms with Crippen LogP contribution in [0.2, 0.25) is 0 Å². The number of ether oxygens (including phenoxy) is 2. The third-order valence-corrected chi connectivity index (χ3v) is 3.88. The minimum absolute atomic E-state index is 0.149. The molecule has 1 fully saturated rings. The molecule has 1 saturated heterocycles. The minimum Gasteiger partial charge on any atom is -0.484 e. The number of halogens is 2. The smallest absolute Gasteiger partial charge is 0.261 e. The molecule has 0 bridgehead atoms. The van der Waals surface area contributed by atoms with Crippen molar-refractivity contribution >= 4 is 5.91 Å². The highest BCUT2D eigenvalue weighted by Gasteiger charge is 2.28. The number of carbonyl (C=O) groups excluding carboxylic acids is 1. The molecular formula is C18H17F2NO3. The number of carbonyl (C=O) groups is 1. The van der Waals surface area contributed by atoms with Crippen molar-refractivity contribution < 1.29 is 23.0 Å². The lowest BCUT2D eigenvalue weighted by atomic mass is 10.0. The van der Waals surface area contributed by atoms with Crippen molar-refractivity contribution in [3.8, 4) is 5.75 Å². The molecule has 1 atom stereocenters. The van der Waals surface area contributed by atoms with E-state index in [1.165, 1.54) is 36.4 Å². The van der Waals surface area contributed by atoms with Gasteiger partial charge in [0.2, 0.25) is 0 Å². The number of hydrogen-bond acceptors (Lipinski definition) is 3. The molecule has 2 aromatic rings. The lowest BCUT2D eigenvalue weighted by Gasteiger charge is -2.35. The zero-order valence-electron chi connectivity index (χ0n) is 13.0. The predicted octanol–water partition coefficient (Wildman–Crippen LogP) is 2.94. The highest BCUT2D eigenvalue weighted by Crippen LogP contribution is 2.24. The summed E-state index contributed by atoms with van der Waals surface area (Å²) in [6, 6.07) is 11.2. The summed E-state index contributed by atoms with van der Waals surface area (Å²) < 4.78 is 36.8. The molecule has 0 aromatic heterocycles. The molecule has 1 amide bonds. The van der Waals surface area contributed by atoms with E-state index < -0.39 is 0 Å². The highest BCUT2D eigenvalue weighted by molar-refractivity contribution is 5.78. The summed E-state index contributed by atoms with van der Waals surface area (Å²) in [5.74, 6) is -0.459. The van der Waals surface area contributed by atoms with E-state index in [1.807, 2.05) is 0 Å². The van der Waals surface area contributed by atoms with Crippen LogP contribution >= 0.6 is 0 Å². The molecule has 0 radical (unpaired) electrons. The van der Waals surface area contributed by atoms with Crippen molar-refractivity contribution in [3.05, 3.63) is 65.7 Å². The fourth-order valence-corrected chi connectivity index (χ4v) is 2.62. The van der Waals surface area contributed by atoms with Gasteiger partial charge in [-0.3, -0.25) is 4.79 Å². The Kier molecular flexibility index (Phi) is 5.05. The molecule has 0 aliphatic carbocycles. The molecule has 4 nitrogen and oxygen atoms in total. The highest BCUT2D eigenvalue weighted by atomic mass is 19.1. The van der Waals surface area contributed by atoms with Gasteiger partial charge >= 0.3 is 0 Å². The number of rotatable bonds is 4. The van der Waals surface area contributed by atoms with E-state index in [4.69, 9.17) is 9.47 Å². The van der Waals surface area contributed by atoms with E-state index in [-0.39, 0.29) is 30.2 Å². The van der Waals surface area contributed by atoms with Gasteiger partial charge < -0.3 is 14.4 Å². The Morgan fingerprint density at radius 2 is 1.71 bits per heavy atom. The van der Waals surface area contributed by atoms with Gasteiger partial charge in [-0.25, -0.2) is 8.78 Å². The first kappa shape index (κ1) is 16.4. The van der Waals surface area contributed by atoms with Crippen LogP contribution in [0.1, 0.15) is 11.6 Å². The van der Waals surface area contributed by atoms with Gasteiger partial charge in [0.25, 0.3) is 5.91 Å². The van der Waals surface area contributed by atoms with Crippen LogP contribution in [0, 0.1) is 11.6 Å². The van der Waals surface area contributed by atoms with Crippen molar-refractivity contribution in [3.63, 3.8) is 0 Å². The summed E-state index contributed by atoms with van der Waals surface area (Å²) in [5.41, 5.74) is 0.811. The molecule has 1 aliphatic heterocycles. The van der Waals surface area contributed by atoms with Gasteiger partial charge in [0.1, 0.15) is 17.4 Å². The average Bonchev–Trinajstić information content (AvgIpc) is 2.62. The maximum Gasteiger partial charge on any atom is 0.261 e. The molecule has 0 N–H and O–H groups in total. The summed E-state index contributed by atoms with van der Waals surface area (Å²) in [7, 11) is 0. The maximum atomic E-state index is 13.1. The maximum absolute atomic E-state index is 13.1. The lowest BCUT2D eigenvalue weighted by Crippen LogP contribution is -2.45. The van der Waals surface area contributed by atoms with E-state index in [9.17, 15) is 13.6 Å². The third kappa shape index (κ3) is 3.89. The topological polar surface area (TPSA) is 38.8 Å². The summed E-state index contributed by atoms with van der Waals surface area (Å²) in [6.45, 7) is 1.09. The van der Waals surface area contributed by atoms with Crippen molar-refractivity contribution in [1.29, 1.82) is 0 Å². The Labute approximate surface area is 138 Å². The fraction of sp³-hybridized carbons (Fsp3) is 0.278. The standard InChI is InChI=1S/C18H17F2NO3/c19-14-3-1-13(2-4-14)17-11-23-10-9-21(17)18(22)12-24-16-7-5-15(20)6-8-16/h1-8,17H,9-12H2. The van der Waals surface area contributed by atoms with Crippen molar-refractivity contribution in [2.45, 2.75) is 6.04 Å². The van der Waals surface area contributed by atoms with Gasteiger partial charge in [0, 0.05) is 6.54 Å². The number of morpholine rings is 1. The van der Waals surface area contributed by atoms with Crippen molar-refractivity contribution in [2.75, 3.05) is 26.4 Å². The largest absolute Gasteiger partial charge is 0.484 e. The SMILES string of the molecule is O=C(COc1ccc(F)cc1)N1CCOCC1c1ccc(F)cc1. The second kappa shape index (κ2) is 7.40. The predicted molar refractivity (Wildman–Crippen MR) is 83.6 cm³/mol. The van der Waals surface area contributed by atoms with E-state index in [0.717, 1.165) is 5.56 Å². The number of benzene rings is 2. The van der Waals surface area contributed by atoms with Crippen LogP contribution in [0.25, 0.3) is 0 Å². The van der Waals surface area contributed by atoms with Crippen LogP contribution in [0.5, 0.6) is 5.75 Å². The molecule has 2 aromatic carbocycles. The van der Waals surface area contributed by atoms with Crippen LogP contribution in [0.4, 0.5) is 8.78 Å². The quantitative estimate of drug-likeness (QED) is 0.863. The minimum atomic E-state index is -0.363. The molecule has 6 heteroatoms. The summed E-state index contributed by atoms with van der Waals surface area (Å²) in [6.07, 6.45) is 0. The van der Waals surface area contributed by atoms with Crippen LogP contribution in [0.3, 0.4) is 0 Å². The number of amides is 1. The Morgan fingerprint density at radius 1 is 1.08 bits per heavy atom. The molecule has 0 spiro atoms. The van der Waals surface area contributed by atoms with Crippen molar-refractivity contribution in [1.82, 2.24) is 4.90 Å². The number of nitrogens with zero attached hydrogens (tertiary/aromatic N) is 1. The molecule has 1 heterocycles. The Bertz CT molecular complexity index is 688. The third-order valence-electron chi connectivity index (χ3n) is 3.88. The van der Waals surface area contributed by atoms with Gasteiger partial charge in [0.15, 0.2) is 6.61 Å². The molecular weight excluding hydrogens is 316 g/mol. The van der Waals surface area contributed by atoms with E-state index in [2.05, 4.69) is 0 Å².